The van der Waals surface area contributed by atoms with Gasteiger partial charge < -0.3 is 0 Å². The third kappa shape index (κ3) is 2.79. The van der Waals surface area contributed by atoms with Gasteiger partial charge in [-0.15, -0.1) is 0 Å². The van der Waals surface area contributed by atoms with Crippen molar-refractivity contribution in [3.05, 3.63) is 34.4 Å². The molecular formula is C18H28. The lowest BCUT2D eigenvalue weighted by Crippen LogP contribution is -2.23. The van der Waals surface area contributed by atoms with E-state index in [4.69, 9.17) is 0 Å². The van der Waals surface area contributed by atoms with E-state index in [1.54, 1.807) is 16.7 Å². The molecule has 0 aromatic rings. The van der Waals surface area contributed by atoms with Gasteiger partial charge in [0.25, 0.3) is 0 Å². The molecule has 0 spiro atoms. The maximum absolute atomic E-state index is 2.51. The smallest absolute Gasteiger partial charge is 0.0127 e. The summed E-state index contributed by atoms with van der Waals surface area (Å²) in [4.78, 5) is 0. The average molecular weight is 244 g/mol. The van der Waals surface area contributed by atoms with Crippen molar-refractivity contribution in [1.29, 1.82) is 0 Å². The molecule has 0 heterocycles. The molecule has 0 nitrogen and oxygen atoms in total. The molecule has 100 valence electrons. The topological polar surface area (TPSA) is 0 Å². The van der Waals surface area contributed by atoms with Crippen LogP contribution in [0.2, 0.25) is 0 Å². The lowest BCUT2D eigenvalue weighted by molar-refractivity contribution is 0.216. The summed E-state index contributed by atoms with van der Waals surface area (Å²) in [5.74, 6) is 0.851. The van der Waals surface area contributed by atoms with E-state index in [2.05, 4.69) is 46.8 Å². The predicted octanol–water partition coefficient (Wildman–Crippen LogP) is 5.82. The van der Waals surface area contributed by atoms with Gasteiger partial charge >= 0.3 is 0 Å². The maximum Gasteiger partial charge on any atom is -0.0127 e. The molecule has 2 aliphatic carbocycles. The van der Waals surface area contributed by atoms with Crippen molar-refractivity contribution < 1.29 is 0 Å². The summed E-state index contributed by atoms with van der Waals surface area (Å²) in [5.41, 5.74) is 6.87. The standard InChI is InChI=1S/C18H28/c1-6-14-11-16-12-17(18(3,4)5)10-9-15(16)8-7-13(14)2/h7,11,17H,6,8-10,12H2,1-5H3/t17-/m0/s1. The van der Waals surface area contributed by atoms with Crippen molar-refractivity contribution in [2.75, 3.05) is 0 Å². The van der Waals surface area contributed by atoms with Gasteiger partial charge in [-0.2, -0.15) is 0 Å². The summed E-state index contributed by atoms with van der Waals surface area (Å²) >= 11 is 0. The molecule has 0 N–H and O–H groups in total. The second-order valence-electron chi connectivity index (χ2n) is 7.05. The summed E-state index contributed by atoms with van der Waals surface area (Å²) in [7, 11) is 0. The molecule has 0 heteroatoms. The number of rotatable bonds is 1. The van der Waals surface area contributed by atoms with Crippen molar-refractivity contribution in [1.82, 2.24) is 0 Å². The van der Waals surface area contributed by atoms with Crippen LogP contribution in [0.3, 0.4) is 0 Å². The van der Waals surface area contributed by atoms with Gasteiger partial charge in [-0.25, -0.2) is 0 Å². The highest BCUT2D eigenvalue weighted by atomic mass is 14.3. The molecule has 0 saturated carbocycles. The van der Waals surface area contributed by atoms with E-state index >= 15 is 0 Å². The molecule has 0 bridgehead atoms. The molecular weight excluding hydrogens is 216 g/mol. The molecule has 0 amide bonds. The number of hydrogen-bond donors (Lipinski definition) is 0. The van der Waals surface area contributed by atoms with Crippen LogP contribution in [0.15, 0.2) is 34.4 Å². The van der Waals surface area contributed by atoms with E-state index in [9.17, 15) is 0 Å². The Bertz CT molecular complexity index is 410. The first-order valence-electron chi connectivity index (χ1n) is 7.50. The van der Waals surface area contributed by atoms with Gasteiger partial charge in [0.05, 0.1) is 0 Å². The fraction of sp³-hybridized carbons (Fsp3) is 0.667. The van der Waals surface area contributed by atoms with Crippen LogP contribution >= 0.6 is 0 Å². The van der Waals surface area contributed by atoms with Gasteiger partial charge in [-0.1, -0.05) is 51.0 Å². The summed E-state index contributed by atoms with van der Waals surface area (Å²) < 4.78 is 0. The summed E-state index contributed by atoms with van der Waals surface area (Å²) in [6.07, 6.45) is 11.3. The summed E-state index contributed by atoms with van der Waals surface area (Å²) in [6.45, 7) is 11.7. The fourth-order valence-corrected chi connectivity index (χ4v) is 3.27. The van der Waals surface area contributed by atoms with Crippen molar-refractivity contribution in [3.8, 4) is 0 Å². The maximum atomic E-state index is 2.51. The van der Waals surface area contributed by atoms with Crippen LogP contribution in [0.1, 0.15) is 66.7 Å². The van der Waals surface area contributed by atoms with Gasteiger partial charge in [-0.05, 0) is 61.5 Å². The predicted molar refractivity (Wildman–Crippen MR) is 80.6 cm³/mol. The van der Waals surface area contributed by atoms with Crippen LogP contribution in [-0.4, -0.2) is 0 Å². The Morgan fingerprint density at radius 3 is 2.61 bits per heavy atom. The summed E-state index contributed by atoms with van der Waals surface area (Å²) in [6, 6.07) is 0. The number of hydrogen-bond acceptors (Lipinski definition) is 0. The lowest BCUT2D eigenvalue weighted by atomic mass is 9.70. The molecule has 0 aromatic heterocycles. The van der Waals surface area contributed by atoms with Gasteiger partial charge in [0, 0.05) is 0 Å². The second-order valence-corrected chi connectivity index (χ2v) is 7.05. The minimum atomic E-state index is 0.452. The highest BCUT2D eigenvalue weighted by Gasteiger charge is 2.29. The van der Waals surface area contributed by atoms with Crippen molar-refractivity contribution in [3.63, 3.8) is 0 Å². The van der Waals surface area contributed by atoms with E-state index in [0.29, 0.717) is 5.41 Å². The van der Waals surface area contributed by atoms with E-state index in [0.717, 1.165) is 5.92 Å². The highest BCUT2D eigenvalue weighted by Crippen LogP contribution is 2.43. The minimum absolute atomic E-state index is 0.452. The van der Waals surface area contributed by atoms with Gasteiger partial charge in [0.2, 0.25) is 0 Å². The third-order valence-corrected chi connectivity index (χ3v) is 4.83. The zero-order valence-electron chi connectivity index (χ0n) is 12.8. The van der Waals surface area contributed by atoms with Gasteiger partial charge in [0.1, 0.15) is 0 Å². The molecule has 0 unspecified atom stereocenters. The van der Waals surface area contributed by atoms with Gasteiger partial charge in [-0.3, -0.25) is 0 Å². The Kier molecular flexibility index (Phi) is 3.84. The Hall–Kier alpha value is -0.780. The van der Waals surface area contributed by atoms with E-state index < -0.39 is 0 Å². The van der Waals surface area contributed by atoms with E-state index in [1.807, 2.05) is 0 Å². The first-order valence-corrected chi connectivity index (χ1v) is 7.50. The molecule has 0 radical (unpaired) electrons. The SMILES string of the molecule is CCC1=CC2=C(CC=C1C)CC[C@H](C(C)(C)C)C2. The van der Waals surface area contributed by atoms with Crippen LogP contribution in [0.4, 0.5) is 0 Å². The molecule has 0 fully saturated rings. The van der Waals surface area contributed by atoms with Crippen molar-refractivity contribution in [2.45, 2.75) is 66.7 Å². The van der Waals surface area contributed by atoms with Gasteiger partial charge in [0.15, 0.2) is 0 Å². The summed E-state index contributed by atoms with van der Waals surface area (Å²) in [5, 5.41) is 0. The van der Waals surface area contributed by atoms with Crippen molar-refractivity contribution in [2.24, 2.45) is 11.3 Å². The molecule has 2 aliphatic rings. The largest absolute Gasteiger partial charge is 0.0772 e. The average Bonchev–Trinajstić information content (AvgIpc) is 2.47. The zero-order valence-corrected chi connectivity index (χ0v) is 12.8. The molecule has 0 aliphatic heterocycles. The third-order valence-electron chi connectivity index (χ3n) is 4.83. The Morgan fingerprint density at radius 2 is 2.00 bits per heavy atom. The molecule has 2 rings (SSSR count). The minimum Gasteiger partial charge on any atom is -0.0772 e. The van der Waals surface area contributed by atoms with Crippen LogP contribution in [0.25, 0.3) is 0 Å². The Balaban J connectivity index is 2.27. The number of allylic oxidation sites excluding steroid dienone is 6. The first kappa shape index (κ1) is 13.6. The normalized spacial score (nSPS) is 25.3. The molecule has 18 heavy (non-hydrogen) atoms. The Morgan fingerprint density at radius 1 is 1.28 bits per heavy atom. The first-order chi connectivity index (χ1) is 8.41. The zero-order chi connectivity index (χ0) is 13.3. The van der Waals surface area contributed by atoms with Crippen LogP contribution in [-0.2, 0) is 0 Å². The van der Waals surface area contributed by atoms with E-state index in [1.165, 1.54) is 37.7 Å². The second kappa shape index (κ2) is 5.07. The molecule has 0 aromatic carbocycles. The van der Waals surface area contributed by atoms with E-state index in [-0.39, 0.29) is 0 Å². The lowest BCUT2D eigenvalue weighted by Gasteiger charge is -2.35. The van der Waals surface area contributed by atoms with Crippen LogP contribution < -0.4 is 0 Å². The molecule has 1 atom stereocenters. The molecule has 0 saturated heterocycles. The quantitative estimate of drug-likeness (QED) is 0.545. The fourth-order valence-electron chi connectivity index (χ4n) is 3.27. The van der Waals surface area contributed by atoms with Crippen LogP contribution in [0, 0.1) is 11.3 Å². The Labute approximate surface area is 113 Å². The highest BCUT2D eigenvalue weighted by molar-refractivity contribution is 5.43. The van der Waals surface area contributed by atoms with Crippen LogP contribution in [0.5, 0.6) is 0 Å². The van der Waals surface area contributed by atoms with Crippen molar-refractivity contribution >= 4 is 0 Å². The monoisotopic (exact) mass is 244 g/mol.